The Labute approximate surface area is 125 Å². The fraction of sp³-hybridized carbons (Fsp3) is 0.500. The fourth-order valence-corrected chi connectivity index (χ4v) is 1.84. The van der Waals surface area contributed by atoms with Gasteiger partial charge in [-0.1, -0.05) is 18.2 Å². The van der Waals surface area contributed by atoms with Gasteiger partial charge in [-0.05, 0) is 18.6 Å². The lowest BCUT2D eigenvalue weighted by molar-refractivity contribution is -0.134. The van der Waals surface area contributed by atoms with Crippen LogP contribution < -0.4 is 15.4 Å². The number of hydrogen-bond acceptors (Lipinski definition) is 4. The van der Waals surface area contributed by atoms with E-state index >= 15 is 0 Å². The number of halogens is 1. The minimum absolute atomic E-state index is 0. The van der Waals surface area contributed by atoms with Crippen molar-refractivity contribution < 1.29 is 14.3 Å². The van der Waals surface area contributed by atoms with Crippen molar-refractivity contribution in [3.8, 4) is 5.75 Å². The molecule has 0 aliphatic carbocycles. The highest BCUT2D eigenvalue weighted by molar-refractivity contribution is 5.85. The average molecular weight is 301 g/mol. The van der Waals surface area contributed by atoms with Gasteiger partial charge in [0.05, 0.1) is 13.2 Å². The van der Waals surface area contributed by atoms with Crippen LogP contribution in [0, 0.1) is 0 Å². The Morgan fingerprint density at radius 3 is 2.90 bits per heavy atom. The van der Waals surface area contributed by atoms with E-state index in [1.165, 1.54) is 0 Å². The molecule has 6 heteroatoms. The van der Waals surface area contributed by atoms with Gasteiger partial charge in [0, 0.05) is 19.6 Å². The van der Waals surface area contributed by atoms with Gasteiger partial charge in [0.1, 0.15) is 11.9 Å². The molecule has 1 amide bonds. The first-order valence-electron chi connectivity index (χ1n) is 6.64. The summed E-state index contributed by atoms with van der Waals surface area (Å²) in [6.07, 6.45) is 0.421. The molecule has 20 heavy (non-hydrogen) atoms. The molecule has 1 aromatic carbocycles. The van der Waals surface area contributed by atoms with Gasteiger partial charge in [-0.25, -0.2) is 0 Å². The molecule has 0 radical (unpaired) electrons. The van der Waals surface area contributed by atoms with E-state index in [0.717, 1.165) is 18.7 Å². The Balaban J connectivity index is 0.00000200. The molecule has 1 aliphatic heterocycles. The first kappa shape index (κ1) is 16.8. The Morgan fingerprint density at radius 2 is 2.20 bits per heavy atom. The van der Waals surface area contributed by atoms with Crippen LogP contribution in [0.5, 0.6) is 5.75 Å². The lowest BCUT2D eigenvalue weighted by atomic mass is 10.3. The topological polar surface area (TPSA) is 59.6 Å². The van der Waals surface area contributed by atoms with Crippen LogP contribution in [0.4, 0.5) is 0 Å². The summed E-state index contributed by atoms with van der Waals surface area (Å²) in [5.41, 5.74) is 0. The van der Waals surface area contributed by atoms with E-state index in [2.05, 4.69) is 10.6 Å². The van der Waals surface area contributed by atoms with Gasteiger partial charge >= 0.3 is 0 Å². The number of carbonyl (C=O) groups is 1. The standard InChI is InChI=1S/C14H20N2O3.ClH/c17-14(13-11-15-8-10-19-13)16-7-4-9-18-12-5-2-1-3-6-12;/h1-3,5-6,13,15H,4,7-11H2,(H,16,17);1H. The molecule has 1 saturated heterocycles. The van der Waals surface area contributed by atoms with Crippen LogP contribution in [0.25, 0.3) is 0 Å². The van der Waals surface area contributed by atoms with Gasteiger partial charge in [0.25, 0.3) is 0 Å². The molecule has 112 valence electrons. The highest BCUT2D eigenvalue weighted by Gasteiger charge is 2.20. The van der Waals surface area contributed by atoms with Gasteiger partial charge < -0.3 is 20.1 Å². The third-order valence-corrected chi connectivity index (χ3v) is 2.85. The van der Waals surface area contributed by atoms with Crippen molar-refractivity contribution in [2.24, 2.45) is 0 Å². The highest BCUT2D eigenvalue weighted by Crippen LogP contribution is 2.08. The van der Waals surface area contributed by atoms with Crippen LogP contribution >= 0.6 is 12.4 Å². The van der Waals surface area contributed by atoms with Crippen molar-refractivity contribution in [1.82, 2.24) is 10.6 Å². The summed E-state index contributed by atoms with van der Waals surface area (Å²) in [6.45, 7) is 3.19. The third kappa shape index (κ3) is 5.77. The molecule has 1 aromatic rings. The summed E-state index contributed by atoms with van der Waals surface area (Å²) in [6, 6.07) is 9.65. The Hall–Kier alpha value is -1.30. The Bertz CT molecular complexity index is 383. The molecule has 1 heterocycles. The molecule has 2 N–H and O–H groups in total. The van der Waals surface area contributed by atoms with E-state index < -0.39 is 0 Å². The fourth-order valence-electron chi connectivity index (χ4n) is 1.84. The van der Waals surface area contributed by atoms with E-state index in [1.807, 2.05) is 30.3 Å². The highest BCUT2D eigenvalue weighted by atomic mass is 35.5. The predicted molar refractivity (Wildman–Crippen MR) is 79.4 cm³/mol. The van der Waals surface area contributed by atoms with Crippen LogP contribution in [-0.4, -0.2) is 44.9 Å². The summed E-state index contributed by atoms with van der Waals surface area (Å²) in [5.74, 6) is 0.806. The number of nitrogens with one attached hydrogen (secondary N) is 2. The molecule has 0 saturated carbocycles. The van der Waals surface area contributed by atoms with Gasteiger partial charge in [-0.3, -0.25) is 4.79 Å². The van der Waals surface area contributed by atoms with Crippen LogP contribution in [0.3, 0.4) is 0 Å². The second-order valence-corrected chi connectivity index (χ2v) is 4.37. The molecule has 2 rings (SSSR count). The molecule has 1 fully saturated rings. The van der Waals surface area contributed by atoms with Crippen LogP contribution in [0.1, 0.15) is 6.42 Å². The summed E-state index contributed by atoms with van der Waals surface area (Å²) in [5, 5.41) is 5.98. The summed E-state index contributed by atoms with van der Waals surface area (Å²) in [7, 11) is 0. The zero-order valence-corrected chi connectivity index (χ0v) is 12.2. The molecule has 0 aromatic heterocycles. The first-order valence-corrected chi connectivity index (χ1v) is 6.64. The van der Waals surface area contributed by atoms with E-state index in [0.29, 0.717) is 26.3 Å². The quantitative estimate of drug-likeness (QED) is 0.769. The minimum atomic E-state index is -0.358. The van der Waals surface area contributed by atoms with E-state index in [4.69, 9.17) is 9.47 Å². The first-order chi connectivity index (χ1) is 9.36. The number of para-hydroxylation sites is 1. The molecular weight excluding hydrogens is 280 g/mol. The number of morpholine rings is 1. The monoisotopic (exact) mass is 300 g/mol. The second-order valence-electron chi connectivity index (χ2n) is 4.37. The maximum atomic E-state index is 11.7. The Morgan fingerprint density at radius 1 is 1.40 bits per heavy atom. The lowest BCUT2D eigenvalue weighted by Crippen LogP contribution is -2.48. The van der Waals surface area contributed by atoms with Gasteiger partial charge in [0.2, 0.25) is 5.91 Å². The molecule has 0 bridgehead atoms. The van der Waals surface area contributed by atoms with Gasteiger partial charge in [-0.15, -0.1) is 12.4 Å². The van der Waals surface area contributed by atoms with Crippen molar-refractivity contribution in [3.05, 3.63) is 30.3 Å². The van der Waals surface area contributed by atoms with Crippen LogP contribution in [-0.2, 0) is 9.53 Å². The van der Waals surface area contributed by atoms with Gasteiger partial charge in [0.15, 0.2) is 0 Å². The third-order valence-electron chi connectivity index (χ3n) is 2.85. The summed E-state index contributed by atoms with van der Waals surface area (Å²) < 4.78 is 10.9. The van der Waals surface area contributed by atoms with Crippen LogP contribution in [0.15, 0.2) is 30.3 Å². The normalized spacial score (nSPS) is 17.9. The SMILES string of the molecule is Cl.O=C(NCCCOc1ccccc1)C1CNCCO1. The number of amides is 1. The molecule has 0 spiro atoms. The largest absolute Gasteiger partial charge is 0.494 e. The van der Waals surface area contributed by atoms with Gasteiger partial charge in [-0.2, -0.15) is 0 Å². The second kappa shape index (κ2) is 9.58. The zero-order valence-electron chi connectivity index (χ0n) is 11.3. The van der Waals surface area contributed by atoms with Crippen molar-refractivity contribution in [1.29, 1.82) is 0 Å². The zero-order chi connectivity index (χ0) is 13.3. The number of rotatable bonds is 6. The number of hydrogen-bond donors (Lipinski definition) is 2. The van der Waals surface area contributed by atoms with E-state index in [-0.39, 0.29) is 24.4 Å². The van der Waals surface area contributed by atoms with Crippen LogP contribution in [0.2, 0.25) is 0 Å². The lowest BCUT2D eigenvalue weighted by Gasteiger charge is -2.22. The maximum absolute atomic E-state index is 11.7. The summed E-state index contributed by atoms with van der Waals surface area (Å²) >= 11 is 0. The van der Waals surface area contributed by atoms with Crippen molar-refractivity contribution in [2.75, 3.05) is 32.8 Å². The molecular formula is C14H21ClN2O3. The smallest absolute Gasteiger partial charge is 0.250 e. The van der Waals surface area contributed by atoms with E-state index in [9.17, 15) is 4.79 Å². The van der Waals surface area contributed by atoms with Crippen molar-refractivity contribution >= 4 is 18.3 Å². The number of ether oxygens (including phenoxy) is 2. The Kier molecular flexibility index (Phi) is 8.02. The molecule has 1 aliphatic rings. The maximum Gasteiger partial charge on any atom is 0.250 e. The molecule has 1 atom stereocenters. The molecule has 5 nitrogen and oxygen atoms in total. The minimum Gasteiger partial charge on any atom is -0.494 e. The predicted octanol–water partition coefficient (Wildman–Crippen LogP) is 0.982. The molecule has 1 unspecified atom stereocenters. The number of carbonyl (C=O) groups excluding carboxylic acids is 1. The van der Waals surface area contributed by atoms with Crippen molar-refractivity contribution in [2.45, 2.75) is 12.5 Å². The average Bonchev–Trinajstić information content (AvgIpc) is 2.49. The summed E-state index contributed by atoms with van der Waals surface area (Å²) in [4.78, 5) is 11.7. The number of benzene rings is 1. The van der Waals surface area contributed by atoms with Crippen molar-refractivity contribution in [3.63, 3.8) is 0 Å². The van der Waals surface area contributed by atoms with E-state index in [1.54, 1.807) is 0 Å².